The van der Waals surface area contributed by atoms with E-state index in [0.717, 1.165) is 4.47 Å². The Morgan fingerprint density at radius 1 is 1.00 bits per heavy atom. The fraction of sp³-hybridized carbons (Fsp3) is 0.364. The minimum Gasteiger partial charge on any atom is -0.280 e. The van der Waals surface area contributed by atoms with Crippen LogP contribution in [-0.2, 0) is 19.6 Å². The summed E-state index contributed by atoms with van der Waals surface area (Å²) in [5.41, 5.74) is -0.161. The number of imide groups is 1. The van der Waals surface area contributed by atoms with Gasteiger partial charge in [-0.1, -0.05) is 36.7 Å². The minimum absolute atomic E-state index is 0.0561. The van der Waals surface area contributed by atoms with Gasteiger partial charge in [-0.05, 0) is 66.8 Å². The molecule has 1 aliphatic heterocycles. The van der Waals surface area contributed by atoms with Crippen molar-refractivity contribution < 1.29 is 18.0 Å². The van der Waals surface area contributed by atoms with Gasteiger partial charge in [-0.25, -0.2) is 13.3 Å². The number of carbonyl (C=O) groups is 2. The number of nitrogens with zero attached hydrogens (tertiary/aromatic N) is 1. The number of hydrogen-bond acceptors (Lipinski definition) is 4. The Labute approximate surface area is 184 Å². The summed E-state index contributed by atoms with van der Waals surface area (Å²) in [5.74, 6) is -0.638. The summed E-state index contributed by atoms with van der Waals surface area (Å²) in [4.78, 5) is 27.6. The lowest BCUT2D eigenvalue weighted by atomic mass is 9.62. The first kappa shape index (κ1) is 21.1. The third-order valence-electron chi connectivity index (χ3n) is 6.92. The Bertz CT molecular complexity index is 1130. The van der Waals surface area contributed by atoms with E-state index in [1.165, 1.54) is 29.2 Å². The molecular weight excluding hydrogens is 468 g/mol. The molecule has 0 unspecified atom stereocenters. The first-order valence-electron chi connectivity index (χ1n) is 9.74. The zero-order valence-electron chi connectivity index (χ0n) is 17.0. The van der Waals surface area contributed by atoms with Crippen molar-refractivity contribution in [2.75, 3.05) is 9.62 Å². The highest BCUT2D eigenvalue weighted by Gasteiger charge is 2.64. The van der Waals surface area contributed by atoms with Gasteiger partial charge in [0.05, 0.1) is 16.0 Å². The number of benzene rings is 2. The van der Waals surface area contributed by atoms with Crippen LogP contribution < -0.4 is 9.62 Å². The summed E-state index contributed by atoms with van der Waals surface area (Å²) in [6, 6.07) is 12.7. The summed E-state index contributed by atoms with van der Waals surface area (Å²) < 4.78 is 28.7. The summed E-state index contributed by atoms with van der Waals surface area (Å²) >= 11 is 3.31. The van der Waals surface area contributed by atoms with Crippen LogP contribution in [-0.4, -0.2) is 20.2 Å². The van der Waals surface area contributed by atoms with E-state index >= 15 is 0 Å². The molecule has 0 aromatic heterocycles. The van der Waals surface area contributed by atoms with Gasteiger partial charge in [0.1, 0.15) is 0 Å². The molecule has 2 fully saturated rings. The molecule has 2 amide bonds. The van der Waals surface area contributed by atoms with Crippen LogP contribution in [0.5, 0.6) is 0 Å². The molecule has 30 heavy (non-hydrogen) atoms. The molecule has 2 aromatic rings. The number of carbonyl (C=O) groups excluding carboxylic acids is 2. The highest BCUT2D eigenvalue weighted by atomic mass is 79.9. The van der Waals surface area contributed by atoms with Gasteiger partial charge in [-0.2, -0.15) is 0 Å². The molecule has 158 valence electrons. The van der Waals surface area contributed by atoms with Crippen LogP contribution >= 0.6 is 15.9 Å². The van der Waals surface area contributed by atoms with Gasteiger partial charge in [0.25, 0.3) is 10.0 Å². The van der Waals surface area contributed by atoms with E-state index in [0.29, 0.717) is 24.2 Å². The van der Waals surface area contributed by atoms with Crippen LogP contribution in [0.3, 0.4) is 0 Å². The van der Waals surface area contributed by atoms with Crippen molar-refractivity contribution in [1.82, 2.24) is 0 Å². The second kappa shape index (κ2) is 6.92. The van der Waals surface area contributed by atoms with Crippen molar-refractivity contribution in [3.63, 3.8) is 0 Å². The molecule has 2 aromatic carbocycles. The van der Waals surface area contributed by atoms with Gasteiger partial charge < -0.3 is 0 Å². The van der Waals surface area contributed by atoms with Crippen LogP contribution in [0.4, 0.5) is 11.4 Å². The average Bonchev–Trinajstić information content (AvgIpc) is 2.87. The molecule has 6 nitrogen and oxygen atoms in total. The first-order chi connectivity index (χ1) is 14.0. The molecular formula is C22H23BrN2O4S. The van der Waals surface area contributed by atoms with E-state index in [4.69, 9.17) is 0 Å². The van der Waals surface area contributed by atoms with Crippen molar-refractivity contribution in [3.8, 4) is 0 Å². The van der Waals surface area contributed by atoms with Gasteiger partial charge in [-0.3, -0.25) is 14.3 Å². The van der Waals surface area contributed by atoms with E-state index in [-0.39, 0.29) is 22.6 Å². The minimum atomic E-state index is -3.79. The molecule has 0 radical (unpaired) electrons. The van der Waals surface area contributed by atoms with Gasteiger partial charge in [-0.15, -0.1) is 0 Å². The topological polar surface area (TPSA) is 83.6 Å². The zero-order valence-corrected chi connectivity index (χ0v) is 19.4. The average molecular weight is 491 g/mol. The van der Waals surface area contributed by atoms with Crippen molar-refractivity contribution in [2.24, 2.45) is 16.7 Å². The van der Waals surface area contributed by atoms with E-state index in [9.17, 15) is 18.0 Å². The number of halogens is 1. The maximum absolute atomic E-state index is 13.3. The van der Waals surface area contributed by atoms with E-state index in [1.54, 1.807) is 24.3 Å². The largest absolute Gasteiger partial charge is 0.280 e. The number of anilines is 2. The second-order valence-corrected chi connectivity index (χ2v) is 11.3. The maximum Gasteiger partial charge on any atom is 0.261 e. The monoisotopic (exact) mass is 490 g/mol. The Kier molecular flexibility index (Phi) is 4.86. The van der Waals surface area contributed by atoms with Crippen LogP contribution in [0.25, 0.3) is 0 Å². The lowest BCUT2D eigenvalue weighted by molar-refractivity contribution is -0.146. The maximum atomic E-state index is 13.3. The Morgan fingerprint density at radius 2 is 1.60 bits per heavy atom. The molecule has 1 heterocycles. The van der Waals surface area contributed by atoms with Crippen molar-refractivity contribution in [3.05, 3.63) is 53.0 Å². The number of rotatable bonds is 4. The van der Waals surface area contributed by atoms with Gasteiger partial charge in [0.15, 0.2) is 0 Å². The molecule has 1 saturated heterocycles. The lowest BCUT2D eigenvalue weighted by Gasteiger charge is -2.47. The fourth-order valence-corrected chi connectivity index (χ4v) is 5.89. The van der Waals surface area contributed by atoms with Crippen LogP contribution in [0, 0.1) is 16.7 Å². The summed E-state index contributed by atoms with van der Waals surface area (Å²) in [7, 11) is -3.79. The second-order valence-electron chi connectivity index (χ2n) is 8.73. The number of hydrogen-bond donors (Lipinski definition) is 1. The van der Waals surface area contributed by atoms with E-state index in [1.807, 2.05) is 20.8 Å². The van der Waals surface area contributed by atoms with Crippen molar-refractivity contribution in [2.45, 2.75) is 38.5 Å². The molecule has 8 heteroatoms. The Hall–Kier alpha value is -2.19. The van der Waals surface area contributed by atoms with Gasteiger partial charge in [0.2, 0.25) is 11.8 Å². The summed E-state index contributed by atoms with van der Waals surface area (Å²) in [6.07, 6.45) is 1.36. The zero-order chi connectivity index (χ0) is 21.9. The molecule has 0 spiro atoms. The molecule has 2 atom stereocenters. The van der Waals surface area contributed by atoms with Crippen LogP contribution in [0.1, 0.15) is 33.6 Å². The predicted molar refractivity (Wildman–Crippen MR) is 118 cm³/mol. The predicted octanol–water partition coefficient (Wildman–Crippen LogP) is 4.57. The number of piperidine rings is 1. The smallest absolute Gasteiger partial charge is 0.261 e. The third-order valence-corrected chi connectivity index (χ3v) is 8.85. The number of sulfonamides is 1. The summed E-state index contributed by atoms with van der Waals surface area (Å²) in [6.45, 7) is 5.90. The van der Waals surface area contributed by atoms with E-state index in [2.05, 4.69) is 20.7 Å². The quantitative estimate of drug-likeness (QED) is 0.636. The van der Waals surface area contributed by atoms with Crippen molar-refractivity contribution >= 4 is 49.1 Å². The molecule has 1 saturated carbocycles. The third kappa shape index (κ3) is 3.08. The molecule has 1 N–H and O–H groups in total. The fourth-order valence-electron chi connectivity index (χ4n) is 4.57. The number of fused-ring (bicyclic) bond motifs is 2. The molecule has 1 aliphatic carbocycles. The molecule has 2 bridgehead atoms. The Morgan fingerprint density at radius 3 is 2.20 bits per heavy atom. The standard InChI is InChI=1S/C22H23BrN2O4S/c1-21(2)18-12-13-22(21,3)20(27)25(19(18)26)16-8-10-17(11-9-16)30(28,29)24-15-6-4-14(23)5-7-15/h4-11,18,24H,12-13H2,1-3H3/t18-,22+/m0/s1. The number of nitrogens with one attached hydrogen (secondary N) is 1. The highest BCUT2D eigenvalue weighted by Crippen LogP contribution is 2.60. The number of amides is 2. The van der Waals surface area contributed by atoms with Crippen molar-refractivity contribution in [1.29, 1.82) is 0 Å². The molecule has 2 aliphatic rings. The van der Waals surface area contributed by atoms with Crippen LogP contribution in [0.2, 0.25) is 0 Å². The molecule has 4 rings (SSSR count). The Balaban J connectivity index is 1.62. The van der Waals surface area contributed by atoms with Gasteiger partial charge >= 0.3 is 0 Å². The van der Waals surface area contributed by atoms with E-state index < -0.39 is 20.9 Å². The lowest BCUT2D eigenvalue weighted by Crippen LogP contribution is -2.59. The first-order valence-corrected chi connectivity index (χ1v) is 12.0. The SMILES string of the molecule is CC1(C)[C@H]2CC[C@]1(C)C(=O)N(c1ccc(S(=O)(=O)Nc3ccc(Br)cc3)cc1)C2=O. The van der Waals surface area contributed by atoms with Crippen LogP contribution in [0.15, 0.2) is 57.9 Å². The normalized spacial score (nSPS) is 25.5. The van der Waals surface area contributed by atoms with Gasteiger partial charge in [0, 0.05) is 16.1 Å². The highest BCUT2D eigenvalue weighted by molar-refractivity contribution is 9.10. The summed E-state index contributed by atoms with van der Waals surface area (Å²) in [5, 5.41) is 0.